The Hall–Kier alpha value is -1.47. The third-order valence-electron chi connectivity index (χ3n) is 2.45. The number of esters is 1. The fourth-order valence-electron chi connectivity index (χ4n) is 1.41. The van der Waals surface area contributed by atoms with Gasteiger partial charge in [-0.05, 0) is 27.7 Å². The fraction of sp³-hybridized carbons (Fsp3) is 0.786. The molecule has 0 saturated carbocycles. The molecule has 0 saturated heterocycles. The van der Waals surface area contributed by atoms with E-state index in [4.69, 9.17) is 14.2 Å². The summed E-state index contributed by atoms with van der Waals surface area (Å²) in [6.07, 6.45) is 0. The van der Waals surface area contributed by atoms with Crippen LogP contribution in [-0.2, 0) is 23.8 Å². The fourth-order valence-corrected chi connectivity index (χ4v) is 1.41. The summed E-state index contributed by atoms with van der Waals surface area (Å²) < 4.78 is 15.0. The SMILES string of the molecule is COCCOCCOC(=O)C(C)NC(=O)C(C)N=C(C)C. The highest BCUT2D eigenvalue weighted by atomic mass is 16.6. The number of rotatable bonds is 10. The van der Waals surface area contributed by atoms with Crippen LogP contribution >= 0.6 is 0 Å². The Bertz CT molecular complexity index is 353. The number of aliphatic imine (C=N–C) groups is 1. The zero-order chi connectivity index (χ0) is 16.3. The number of ether oxygens (including phenoxy) is 3. The van der Waals surface area contributed by atoms with Gasteiger partial charge in [0, 0.05) is 12.8 Å². The van der Waals surface area contributed by atoms with Gasteiger partial charge in [0.2, 0.25) is 5.91 Å². The van der Waals surface area contributed by atoms with Crippen LogP contribution in [0.2, 0.25) is 0 Å². The van der Waals surface area contributed by atoms with E-state index in [0.29, 0.717) is 19.8 Å². The van der Waals surface area contributed by atoms with Gasteiger partial charge in [-0.1, -0.05) is 0 Å². The van der Waals surface area contributed by atoms with E-state index in [0.717, 1.165) is 5.71 Å². The third kappa shape index (κ3) is 9.97. The average molecular weight is 302 g/mol. The Morgan fingerprint density at radius 2 is 1.71 bits per heavy atom. The Balaban J connectivity index is 3.94. The molecule has 122 valence electrons. The van der Waals surface area contributed by atoms with Gasteiger partial charge < -0.3 is 19.5 Å². The van der Waals surface area contributed by atoms with Crippen LogP contribution < -0.4 is 5.32 Å². The van der Waals surface area contributed by atoms with Gasteiger partial charge in [-0.15, -0.1) is 0 Å². The molecule has 0 aromatic heterocycles. The molecule has 21 heavy (non-hydrogen) atoms. The van der Waals surface area contributed by atoms with E-state index in [1.54, 1.807) is 21.0 Å². The number of amides is 1. The summed E-state index contributed by atoms with van der Waals surface area (Å²) in [4.78, 5) is 27.6. The van der Waals surface area contributed by atoms with E-state index in [-0.39, 0.29) is 12.5 Å². The zero-order valence-electron chi connectivity index (χ0n) is 13.5. The second kappa shape index (κ2) is 11.2. The third-order valence-corrected chi connectivity index (χ3v) is 2.45. The largest absolute Gasteiger partial charge is 0.462 e. The summed E-state index contributed by atoms with van der Waals surface area (Å²) in [5.74, 6) is -0.805. The van der Waals surface area contributed by atoms with Crippen molar-refractivity contribution in [2.24, 2.45) is 4.99 Å². The molecule has 0 aliphatic heterocycles. The molecule has 1 N–H and O–H groups in total. The lowest BCUT2D eigenvalue weighted by molar-refractivity contribution is -0.149. The highest BCUT2D eigenvalue weighted by molar-refractivity contribution is 5.89. The van der Waals surface area contributed by atoms with Gasteiger partial charge in [0.05, 0.1) is 19.8 Å². The number of carbonyl (C=O) groups excluding carboxylic acids is 2. The zero-order valence-corrected chi connectivity index (χ0v) is 13.5. The molecule has 7 heteroatoms. The number of carbonyl (C=O) groups is 2. The van der Waals surface area contributed by atoms with Crippen LogP contribution in [0.1, 0.15) is 27.7 Å². The van der Waals surface area contributed by atoms with E-state index >= 15 is 0 Å². The second-order valence-corrected chi connectivity index (χ2v) is 4.76. The highest BCUT2D eigenvalue weighted by Gasteiger charge is 2.20. The maximum absolute atomic E-state index is 11.8. The maximum Gasteiger partial charge on any atom is 0.328 e. The Kier molecular flexibility index (Phi) is 10.4. The van der Waals surface area contributed by atoms with E-state index in [2.05, 4.69) is 10.3 Å². The Labute approximate surface area is 126 Å². The van der Waals surface area contributed by atoms with Gasteiger partial charge in [-0.25, -0.2) is 4.79 Å². The van der Waals surface area contributed by atoms with Crippen molar-refractivity contribution in [1.82, 2.24) is 5.32 Å². The van der Waals surface area contributed by atoms with Crippen LogP contribution in [0.5, 0.6) is 0 Å². The van der Waals surface area contributed by atoms with Crippen LogP contribution in [-0.4, -0.2) is 63.2 Å². The highest BCUT2D eigenvalue weighted by Crippen LogP contribution is 1.95. The van der Waals surface area contributed by atoms with Gasteiger partial charge in [-0.2, -0.15) is 0 Å². The molecular weight excluding hydrogens is 276 g/mol. The topological polar surface area (TPSA) is 86.2 Å². The molecule has 0 heterocycles. The molecule has 0 spiro atoms. The predicted molar refractivity (Wildman–Crippen MR) is 79.5 cm³/mol. The summed E-state index contributed by atoms with van der Waals surface area (Å²) in [5, 5.41) is 2.56. The van der Waals surface area contributed by atoms with Crippen LogP contribution in [0.3, 0.4) is 0 Å². The van der Waals surface area contributed by atoms with Crippen molar-refractivity contribution in [3.8, 4) is 0 Å². The van der Waals surface area contributed by atoms with Crippen molar-refractivity contribution < 1.29 is 23.8 Å². The molecule has 0 aromatic rings. The Morgan fingerprint density at radius 3 is 2.29 bits per heavy atom. The molecule has 0 radical (unpaired) electrons. The van der Waals surface area contributed by atoms with Gasteiger partial charge in [-0.3, -0.25) is 9.79 Å². The summed E-state index contributed by atoms with van der Waals surface area (Å²) >= 11 is 0. The number of nitrogens with zero attached hydrogens (tertiary/aromatic N) is 1. The van der Waals surface area contributed by atoms with Crippen molar-refractivity contribution in [1.29, 1.82) is 0 Å². The number of hydrogen-bond donors (Lipinski definition) is 1. The summed E-state index contributed by atoms with van der Waals surface area (Å²) in [5.41, 5.74) is 0.807. The summed E-state index contributed by atoms with van der Waals surface area (Å²) in [6.45, 7) is 8.25. The van der Waals surface area contributed by atoms with Gasteiger partial charge in [0.15, 0.2) is 0 Å². The first-order chi connectivity index (χ1) is 9.88. The average Bonchev–Trinajstić information content (AvgIpc) is 2.41. The first kappa shape index (κ1) is 19.5. The molecule has 2 unspecified atom stereocenters. The van der Waals surface area contributed by atoms with Crippen molar-refractivity contribution >= 4 is 17.6 Å². The maximum atomic E-state index is 11.8. The van der Waals surface area contributed by atoms with Gasteiger partial charge in [0.1, 0.15) is 18.7 Å². The van der Waals surface area contributed by atoms with Crippen molar-refractivity contribution in [3.05, 3.63) is 0 Å². The van der Waals surface area contributed by atoms with Crippen molar-refractivity contribution in [2.45, 2.75) is 39.8 Å². The molecular formula is C14H26N2O5. The van der Waals surface area contributed by atoms with Gasteiger partial charge >= 0.3 is 5.97 Å². The van der Waals surface area contributed by atoms with E-state index in [1.807, 2.05) is 13.8 Å². The first-order valence-electron chi connectivity index (χ1n) is 6.93. The minimum absolute atomic E-state index is 0.143. The van der Waals surface area contributed by atoms with E-state index in [9.17, 15) is 9.59 Å². The van der Waals surface area contributed by atoms with Gasteiger partial charge in [0.25, 0.3) is 0 Å². The van der Waals surface area contributed by atoms with Crippen molar-refractivity contribution in [3.63, 3.8) is 0 Å². The predicted octanol–water partition coefficient (Wildman–Crippen LogP) is 0.567. The summed E-state index contributed by atoms with van der Waals surface area (Å²) in [7, 11) is 1.58. The lowest BCUT2D eigenvalue weighted by Crippen LogP contribution is -2.43. The lowest BCUT2D eigenvalue weighted by Gasteiger charge is -2.15. The molecule has 0 aliphatic carbocycles. The van der Waals surface area contributed by atoms with Crippen LogP contribution in [0, 0.1) is 0 Å². The minimum Gasteiger partial charge on any atom is -0.462 e. The monoisotopic (exact) mass is 302 g/mol. The first-order valence-corrected chi connectivity index (χ1v) is 6.93. The molecule has 2 atom stereocenters. The quantitative estimate of drug-likeness (QED) is 0.362. The lowest BCUT2D eigenvalue weighted by atomic mass is 10.2. The van der Waals surface area contributed by atoms with Crippen LogP contribution in [0.4, 0.5) is 0 Å². The second-order valence-electron chi connectivity index (χ2n) is 4.76. The molecule has 1 amide bonds. The number of methoxy groups -OCH3 is 1. The number of hydrogen-bond acceptors (Lipinski definition) is 6. The Morgan fingerprint density at radius 1 is 1.10 bits per heavy atom. The minimum atomic E-state index is -0.716. The molecule has 0 bridgehead atoms. The number of nitrogens with one attached hydrogen (secondary N) is 1. The molecule has 0 rings (SSSR count). The van der Waals surface area contributed by atoms with E-state index < -0.39 is 18.1 Å². The molecule has 7 nitrogen and oxygen atoms in total. The summed E-state index contributed by atoms with van der Waals surface area (Å²) in [6, 6.07) is -1.24. The van der Waals surface area contributed by atoms with Crippen LogP contribution in [0.25, 0.3) is 0 Å². The van der Waals surface area contributed by atoms with Crippen molar-refractivity contribution in [2.75, 3.05) is 33.5 Å². The molecule has 0 aliphatic rings. The smallest absolute Gasteiger partial charge is 0.328 e. The molecule has 0 fully saturated rings. The normalized spacial score (nSPS) is 13.2. The molecule has 0 aromatic carbocycles. The van der Waals surface area contributed by atoms with E-state index in [1.165, 1.54) is 0 Å². The standard InChI is InChI=1S/C14H26N2O5/c1-10(2)15-11(3)13(17)16-12(4)14(18)21-9-8-20-7-6-19-5/h11-12H,6-9H2,1-5H3,(H,16,17). The van der Waals surface area contributed by atoms with Crippen LogP contribution in [0.15, 0.2) is 4.99 Å².